The van der Waals surface area contributed by atoms with Crippen molar-refractivity contribution in [2.24, 2.45) is 23.2 Å². The third-order valence-electron chi connectivity index (χ3n) is 8.92. The predicted octanol–water partition coefficient (Wildman–Crippen LogP) is 5.20. The zero-order valence-corrected chi connectivity index (χ0v) is 21.0. The Morgan fingerprint density at radius 2 is 2.08 bits per heavy atom. The second kappa shape index (κ2) is 10.3. The van der Waals surface area contributed by atoms with Gasteiger partial charge in [0.05, 0.1) is 31.3 Å². The predicted molar refractivity (Wildman–Crippen MR) is 138 cm³/mol. The van der Waals surface area contributed by atoms with Crippen LogP contribution in [-0.4, -0.2) is 40.0 Å². The SMILES string of the molecule is C=C1CC[C@@H]2[C@H](COC(=O)CCc3c[nH]c4ccccc34)[C@H](O)[C@H](O)C[C@@]2(C)[C@@H]1CCc1ccoc1. The second-order valence-corrected chi connectivity index (χ2v) is 11.0. The molecule has 1 aromatic carbocycles. The molecule has 2 aliphatic rings. The first kappa shape index (κ1) is 24.8. The van der Waals surface area contributed by atoms with E-state index in [0.717, 1.165) is 47.7 Å². The summed E-state index contributed by atoms with van der Waals surface area (Å²) in [5, 5.41) is 22.9. The lowest BCUT2D eigenvalue weighted by Crippen LogP contribution is -2.57. The maximum Gasteiger partial charge on any atom is 0.306 e. The number of nitrogens with one attached hydrogen (secondary N) is 1. The molecule has 0 aliphatic heterocycles. The van der Waals surface area contributed by atoms with Crippen molar-refractivity contribution in [2.75, 3.05) is 6.61 Å². The Morgan fingerprint density at radius 1 is 1.25 bits per heavy atom. The summed E-state index contributed by atoms with van der Waals surface area (Å²) in [6.07, 6.45) is 8.66. The summed E-state index contributed by atoms with van der Waals surface area (Å²) in [5.41, 5.74) is 4.31. The van der Waals surface area contributed by atoms with Crippen LogP contribution in [0.2, 0.25) is 0 Å². The average molecular weight is 492 g/mol. The third kappa shape index (κ3) is 4.76. The van der Waals surface area contributed by atoms with Crippen LogP contribution in [-0.2, 0) is 22.4 Å². The average Bonchev–Trinajstić information content (AvgIpc) is 3.53. The molecule has 3 N–H and O–H groups in total. The summed E-state index contributed by atoms with van der Waals surface area (Å²) in [6.45, 7) is 6.75. The highest BCUT2D eigenvalue weighted by molar-refractivity contribution is 5.83. The van der Waals surface area contributed by atoms with Crippen LogP contribution in [0.1, 0.15) is 50.2 Å². The Kier molecular flexibility index (Phi) is 7.09. The molecule has 6 nitrogen and oxygen atoms in total. The molecular weight excluding hydrogens is 454 g/mol. The van der Waals surface area contributed by atoms with Crippen molar-refractivity contribution in [3.63, 3.8) is 0 Å². The van der Waals surface area contributed by atoms with E-state index in [0.29, 0.717) is 12.8 Å². The van der Waals surface area contributed by atoms with Gasteiger partial charge < -0.3 is 24.4 Å². The molecule has 0 bridgehead atoms. The quantitative estimate of drug-likeness (QED) is 0.297. The third-order valence-corrected chi connectivity index (χ3v) is 8.92. The standard InChI is InChI=1S/C30H37NO5/c1-19-7-10-25-23(18-36-28(33)12-9-21-16-31-26-6-4-3-5-22(21)26)29(34)27(32)15-30(25,2)24(19)11-8-20-13-14-35-17-20/h3-6,13-14,16-17,23-25,27,29,31-32,34H,1,7-12,15,18H2,2H3/t23-,24+,25+,27+,29-,30-/m0/s1. The van der Waals surface area contributed by atoms with E-state index in [1.54, 1.807) is 12.5 Å². The number of allylic oxidation sites excluding steroid dienone is 1. The van der Waals surface area contributed by atoms with Crippen LogP contribution >= 0.6 is 0 Å². The van der Waals surface area contributed by atoms with Gasteiger partial charge in [-0.05, 0) is 79.0 Å². The molecule has 6 atom stereocenters. The molecule has 0 spiro atoms. The number of rotatable bonds is 8. The molecule has 36 heavy (non-hydrogen) atoms. The second-order valence-electron chi connectivity index (χ2n) is 11.0. The van der Waals surface area contributed by atoms with Gasteiger partial charge >= 0.3 is 5.97 Å². The van der Waals surface area contributed by atoms with Crippen molar-refractivity contribution >= 4 is 16.9 Å². The molecule has 2 saturated carbocycles. The molecule has 2 fully saturated rings. The number of aromatic nitrogens is 1. The van der Waals surface area contributed by atoms with E-state index in [2.05, 4.69) is 18.5 Å². The molecule has 0 unspecified atom stereocenters. The number of hydrogen-bond donors (Lipinski definition) is 3. The van der Waals surface area contributed by atoms with E-state index >= 15 is 0 Å². The molecule has 2 heterocycles. The Hall–Kier alpha value is -2.83. The number of fused-ring (bicyclic) bond motifs is 2. The summed E-state index contributed by atoms with van der Waals surface area (Å²) in [6, 6.07) is 10.0. The van der Waals surface area contributed by atoms with Gasteiger partial charge in [0.25, 0.3) is 0 Å². The van der Waals surface area contributed by atoms with Gasteiger partial charge in [0, 0.05) is 29.4 Å². The number of benzene rings is 1. The first-order valence-electron chi connectivity index (χ1n) is 13.1. The molecule has 0 radical (unpaired) electrons. The zero-order valence-electron chi connectivity index (χ0n) is 21.0. The number of aliphatic hydroxyl groups is 2. The lowest BCUT2D eigenvalue weighted by Gasteiger charge is -2.57. The van der Waals surface area contributed by atoms with Crippen LogP contribution in [0.4, 0.5) is 0 Å². The molecular formula is C30H37NO5. The summed E-state index contributed by atoms with van der Waals surface area (Å²) >= 11 is 0. The number of carbonyl (C=O) groups is 1. The topological polar surface area (TPSA) is 95.7 Å². The molecule has 2 aromatic heterocycles. The Morgan fingerprint density at radius 3 is 2.89 bits per heavy atom. The number of ether oxygens (including phenoxy) is 1. The lowest BCUT2D eigenvalue weighted by molar-refractivity contribution is -0.170. The summed E-state index contributed by atoms with van der Waals surface area (Å²) in [4.78, 5) is 15.9. The number of aromatic amines is 1. The van der Waals surface area contributed by atoms with E-state index in [1.807, 2.05) is 36.5 Å². The van der Waals surface area contributed by atoms with Crippen molar-refractivity contribution in [1.29, 1.82) is 0 Å². The fraction of sp³-hybridized carbons (Fsp3) is 0.500. The minimum Gasteiger partial charge on any atom is -0.472 e. The highest BCUT2D eigenvalue weighted by atomic mass is 16.5. The van der Waals surface area contributed by atoms with Gasteiger partial charge in [-0.25, -0.2) is 0 Å². The van der Waals surface area contributed by atoms with Crippen molar-refractivity contribution in [3.8, 4) is 0 Å². The van der Waals surface area contributed by atoms with Gasteiger partial charge in [-0.2, -0.15) is 0 Å². The lowest BCUT2D eigenvalue weighted by atomic mass is 9.49. The monoisotopic (exact) mass is 491 g/mol. The summed E-state index contributed by atoms with van der Waals surface area (Å²) < 4.78 is 11.0. The minimum absolute atomic E-state index is 0.131. The maximum absolute atomic E-state index is 12.7. The minimum atomic E-state index is -0.898. The van der Waals surface area contributed by atoms with Gasteiger partial charge in [0.15, 0.2) is 0 Å². The molecule has 192 valence electrons. The fourth-order valence-corrected chi connectivity index (χ4v) is 6.99. The molecule has 0 saturated heterocycles. The van der Waals surface area contributed by atoms with Crippen molar-refractivity contribution < 1.29 is 24.2 Å². The zero-order chi connectivity index (χ0) is 25.3. The van der Waals surface area contributed by atoms with Crippen LogP contribution in [0.5, 0.6) is 0 Å². The smallest absolute Gasteiger partial charge is 0.306 e. The van der Waals surface area contributed by atoms with E-state index in [-0.39, 0.29) is 42.2 Å². The van der Waals surface area contributed by atoms with Crippen molar-refractivity contribution in [2.45, 2.75) is 64.1 Å². The molecule has 0 amide bonds. The Balaban J connectivity index is 1.24. The van der Waals surface area contributed by atoms with E-state index in [9.17, 15) is 15.0 Å². The number of esters is 1. The number of para-hydroxylation sites is 1. The number of hydrogen-bond acceptors (Lipinski definition) is 5. The van der Waals surface area contributed by atoms with Gasteiger partial charge in [-0.15, -0.1) is 0 Å². The van der Waals surface area contributed by atoms with Gasteiger partial charge in [-0.1, -0.05) is 37.3 Å². The Bertz CT molecular complexity index is 1200. The van der Waals surface area contributed by atoms with Crippen LogP contribution in [0.3, 0.4) is 0 Å². The van der Waals surface area contributed by atoms with Crippen LogP contribution in [0.15, 0.2) is 65.6 Å². The van der Waals surface area contributed by atoms with Crippen LogP contribution in [0.25, 0.3) is 10.9 Å². The number of aliphatic hydroxyl groups excluding tert-OH is 2. The van der Waals surface area contributed by atoms with Crippen molar-refractivity contribution in [3.05, 3.63) is 72.3 Å². The number of aryl methyl sites for hydroxylation is 2. The van der Waals surface area contributed by atoms with Crippen LogP contribution in [0, 0.1) is 23.2 Å². The normalized spacial score (nSPS) is 30.3. The van der Waals surface area contributed by atoms with E-state index in [1.165, 1.54) is 5.57 Å². The van der Waals surface area contributed by atoms with Gasteiger partial charge in [0.1, 0.15) is 0 Å². The highest BCUT2D eigenvalue weighted by Gasteiger charge is 2.55. The summed E-state index contributed by atoms with van der Waals surface area (Å²) in [7, 11) is 0. The molecule has 2 aliphatic carbocycles. The Labute approximate surface area is 212 Å². The molecule has 6 heteroatoms. The van der Waals surface area contributed by atoms with Gasteiger partial charge in [0.2, 0.25) is 0 Å². The molecule has 5 rings (SSSR count). The van der Waals surface area contributed by atoms with E-state index in [4.69, 9.17) is 9.15 Å². The fourth-order valence-electron chi connectivity index (χ4n) is 6.99. The number of furan rings is 1. The largest absolute Gasteiger partial charge is 0.472 e. The summed E-state index contributed by atoms with van der Waals surface area (Å²) in [5.74, 6) is -0.183. The maximum atomic E-state index is 12.7. The van der Waals surface area contributed by atoms with Crippen LogP contribution < -0.4 is 0 Å². The number of carbonyl (C=O) groups excluding carboxylic acids is 1. The van der Waals surface area contributed by atoms with Crippen molar-refractivity contribution in [1.82, 2.24) is 4.98 Å². The highest BCUT2D eigenvalue weighted by Crippen LogP contribution is 2.58. The first-order valence-corrected chi connectivity index (χ1v) is 13.1. The molecule has 3 aromatic rings. The first-order chi connectivity index (χ1) is 17.4. The van der Waals surface area contributed by atoms with Gasteiger partial charge in [-0.3, -0.25) is 4.79 Å². The number of H-pyrrole nitrogens is 1. The van der Waals surface area contributed by atoms with E-state index < -0.39 is 12.2 Å².